The number of esters is 4. The van der Waals surface area contributed by atoms with E-state index in [1.807, 2.05) is 0 Å². The van der Waals surface area contributed by atoms with Crippen molar-refractivity contribution < 1.29 is 80.2 Å². The van der Waals surface area contributed by atoms with Crippen LogP contribution >= 0.6 is 15.6 Å². The summed E-state index contributed by atoms with van der Waals surface area (Å²) in [7, 11) is -9.92. The van der Waals surface area contributed by atoms with Crippen molar-refractivity contribution in [3.05, 3.63) is 0 Å². The van der Waals surface area contributed by atoms with E-state index in [9.17, 15) is 43.2 Å². The number of phosphoric ester groups is 2. The van der Waals surface area contributed by atoms with Gasteiger partial charge in [-0.3, -0.25) is 37.3 Å². The van der Waals surface area contributed by atoms with Gasteiger partial charge < -0.3 is 33.8 Å². The van der Waals surface area contributed by atoms with Crippen molar-refractivity contribution in [1.82, 2.24) is 0 Å². The van der Waals surface area contributed by atoms with Gasteiger partial charge in [0, 0.05) is 25.7 Å². The van der Waals surface area contributed by atoms with Gasteiger partial charge >= 0.3 is 39.5 Å². The number of unbranched alkanes of at least 4 members (excludes halogenated alkanes) is 42. The summed E-state index contributed by atoms with van der Waals surface area (Å²) in [6, 6.07) is 0. The molecule has 0 amide bonds. The molecule has 0 rings (SSSR count). The van der Waals surface area contributed by atoms with E-state index in [1.165, 1.54) is 199 Å². The zero-order chi connectivity index (χ0) is 72.4. The zero-order valence-corrected chi connectivity index (χ0v) is 66.2. The molecule has 0 saturated carbocycles. The van der Waals surface area contributed by atoms with Gasteiger partial charge in [-0.05, 0) is 49.4 Å². The molecule has 0 aliphatic carbocycles. The Morgan fingerprint density at radius 2 is 0.429 bits per heavy atom. The summed E-state index contributed by atoms with van der Waals surface area (Å²) in [4.78, 5) is 72.9. The highest BCUT2D eigenvalue weighted by Crippen LogP contribution is 2.45. The number of rotatable bonds is 76. The minimum Gasteiger partial charge on any atom is -0.462 e. The van der Waals surface area contributed by atoms with Crippen LogP contribution in [0.25, 0.3) is 0 Å². The van der Waals surface area contributed by atoms with Crippen LogP contribution in [-0.4, -0.2) is 96.7 Å². The zero-order valence-electron chi connectivity index (χ0n) is 64.4. The molecule has 5 atom stereocenters. The molecule has 0 aromatic rings. The van der Waals surface area contributed by atoms with Gasteiger partial charge in [0.2, 0.25) is 0 Å². The third-order valence-corrected chi connectivity index (χ3v) is 20.2. The molecule has 0 aromatic heterocycles. The topological polar surface area (TPSA) is 237 Å². The molecule has 0 spiro atoms. The Balaban J connectivity index is 5.22. The first-order valence-corrected chi connectivity index (χ1v) is 43.7. The second kappa shape index (κ2) is 68.2. The predicted octanol–water partition coefficient (Wildman–Crippen LogP) is 23.2. The van der Waals surface area contributed by atoms with Gasteiger partial charge in [0.15, 0.2) is 12.2 Å². The Kier molecular flexibility index (Phi) is 66.8. The monoisotopic (exact) mass is 1440 g/mol. The normalized spacial score (nSPS) is 14.1. The lowest BCUT2D eigenvalue weighted by atomic mass is 10.0. The minimum absolute atomic E-state index is 0.104. The summed E-state index contributed by atoms with van der Waals surface area (Å²) in [6.45, 7) is 14.2. The number of hydrogen-bond donors (Lipinski definition) is 3. The molecule has 0 fully saturated rings. The second-order valence-electron chi connectivity index (χ2n) is 30.4. The van der Waals surface area contributed by atoms with E-state index >= 15 is 0 Å². The molecule has 0 aliphatic rings. The molecule has 0 bridgehead atoms. The van der Waals surface area contributed by atoms with E-state index in [-0.39, 0.29) is 25.7 Å². The Morgan fingerprint density at radius 1 is 0.255 bits per heavy atom. The first kappa shape index (κ1) is 96.1. The molecular weight excluding hydrogens is 1280 g/mol. The van der Waals surface area contributed by atoms with Gasteiger partial charge in [0.05, 0.1) is 26.4 Å². The Morgan fingerprint density at radius 3 is 0.633 bits per heavy atom. The van der Waals surface area contributed by atoms with E-state index < -0.39 is 97.5 Å². The first-order chi connectivity index (χ1) is 47.1. The molecule has 0 heterocycles. The largest absolute Gasteiger partial charge is 0.472 e. The van der Waals surface area contributed by atoms with Crippen LogP contribution < -0.4 is 0 Å². The maximum atomic E-state index is 13.1. The molecule has 2 unspecified atom stereocenters. The van der Waals surface area contributed by atoms with E-state index in [1.54, 1.807) is 0 Å². The van der Waals surface area contributed by atoms with Crippen molar-refractivity contribution in [2.24, 2.45) is 23.7 Å². The molecule has 0 saturated heterocycles. The SMILES string of the molecule is CC(C)CCCCCCCCCCCCCCCCCCC(=O)OC[C@H](COP(=O)(O)OC[C@@H](O)COP(=O)(O)OC[C@@H](COC(=O)CCCCCCCCC(C)C)OC(=O)CCCCCCCCCCCC(C)C)OC(=O)CCCCCCCCCCCCCCCCCC(C)C. The number of aliphatic hydroxyl groups is 1. The minimum atomic E-state index is -4.96. The molecule has 0 aliphatic heterocycles. The van der Waals surface area contributed by atoms with Crippen molar-refractivity contribution in [3.8, 4) is 0 Å². The maximum Gasteiger partial charge on any atom is 0.472 e. The van der Waals surface area contributed by atoms with Gasteiger partial charge in [0.1, 0.15) is 19.3 Å². The summed E-state index contributed by atoms with van der Waals surface area (Å²) in [6.07, 6.45) is 54.4. The van der Waals surface area contributed by atoms with E-state index in [2.05, 4.69) is 55.4 Å². The molecule has 582 valence electrons. The molecule has 3 N–H and O–H groups in total. The van der Waals surface area contributed by atoms with Crippen molar-refractivity contribution in [3.63, 3.8) is 0 Å². The number of carbonyl (C=O) groups excluding carboxylic acids is 4. The van der Waals surface area contributed by atoms with Crippen molar-refractivity contribution in [2.75, 3.05) is 39.6 Å². The summed E-state index contributed by atoms with van der Waals surface area (Å²) in [5, 5.41) is 10.6. The lowest BCUT2D eigenvalue weighted by molar-refractivity contribution is -0.161. The van der Waals surface area contributed by atoms with Crippen LogP contribution in [0.2, 0.25) is 0 Å². The van der Waals surface area contributed by atoms with Gasteiger partial charge in [-0.25, -0.2) is 9.13 Å². The molecule has 17 nitrogen and oxygen atoms in total. The third kappa shape index (κ3) is 72.4. The Labute approximate surface area is 600 Å². The number of carbonyl (C=O) groups is 4. The smallest absolute Gasteiger partial charge is 0.462 e. The third-order valence-electron chi connectivity index (χ3n) is 18.3. The fourth-order valence-corrected chi connectivity index (χ4v) is 13.7. The lowest BCUT2D eigenvalue weighted by Gasteiger charge is -2.21. The number of aliphatic hydroxyl groups excluding tert-OH is 1. The van der Waals surface area contributed by atoms with Crippen molar-refractivity contribution >= 4 is 39.5 Å². The molecule has 19 heteroatoms. The highest BCUT2D eigenvalue weighted by molar-refractivity contribution is 7.47. The van der Waals surface area contributed by atoms with E-state index in [0.717, 1.165) is 114 Å². The molecule has 98 heavy (non-hydrogen) atoms. The van der Waals surface area contributed by atoms with Crippen LogP contribution in [0.15, 0.2) is 0 Å². The predicted molar refractivity (Wildman–Crippen MR) is 400 cm³/mol. The number of ether oxygens (including phenoxy) is 4. The average Bonchev–Trinajstić information content (AvgIpc) is 2.01. The summed E-state index contributed by atoms with van der Waals surface area (Å²) >= 11 is 0. The molecular formula is C79H154O17P2. The summed E-state index contributed by atoms with van der Waals surface area (Å²) in [5.41, 5.74) is 0. The number of hydrogen-bond acceptors (Lipinski definition) is 15. The van der Waals surface area contributed by atoms with Crippen LogP contribution in [0.3, 0.4) is 0 Å². The van der Waals surface area contributed by atoms with E-state index in [4.69, 9.17) is 37.0 Å². The van der Waals surface area contributed by atoms with Crippen molar-refractivity contribution in [2.45, 2.75) is 420 Å². The number of phosphoric acid groups is 2. The fourth-order valence-electron chi connectivity index (χ4n) is 12.1. The molecule has 0 radical (unpaired) electrons. The maximum absolute atomic E-state index is 13.1. The standard InChI is InChI=1S/C79H154O17P2/c1-69(2)55-47-39-31-25-20-16-12-9-10-14-18-22-28-34-43-51-59-76(81)89-65-74(95-78(83)61-53-45-35-29-23-19-15-11-13-17-21-26-32-40-48-56-70(3)4)67-93-97(85,86)91-63-73(80)64-92-98(87,88)94-68-75(66-90-77(82)60-52-44-38-37-42-50-58-72(7)8)96-79(84)62-54-46-36-30-24-27-33-41-49-57-71(5)6/h69-75,80H,9-68H2,1-8H3,(H,85,86)(H,87,88)/t73-,74-,75-/m1/s1. The van der Waals surface area contributed by atoms with Crippen LogP contribution in [0.5, 0.6) is 0 Å². The molecule has 0 aromatic carbocycles. The van der Waals surface area contributed by atoms with Crippen LogP contribution in [-0.2, 0) is 65.4 Å². The summed E-state index contributed by atoms with van der Waals surface area (Å²) in [5.74, 6) is 0.912. The van der Waals surface area contributed by atoms with Crippen LogP contribution in [0, 0.1) is 23.7 Å². The van der Waals surface area contributed by atoms with Gasteiger partial charge in [-0.2, -0.15) is 0 Å². The quantitative estimate of drug-likeness (QED) is 0.0222. The van der Waals surface area contributed by atoms with Gasteiger partial charge in [-0.15, -0.1) is 0 Å². The second-order valence-corrected chi connectivity index (χ2v) is 33.3. The highest BCUT2D eigenvalue weighted by atomic mass is 31.2. The Hall–Kier alpha value is -1.94. The van der Waals surface area contributed by atoms with Gasteiger partial charge in [-0.1, -0.05) is 351 Å². The first-order valence-electron chi connectivity index (χ1n) is 40.7. The van der Waals surface area contributed by atoms with Crippen LogP contribution in [0.1, 0.15) is 402 Å². The van der Waals surface area contributed by atoms with Gasteiger partial charge in [0.25, 0.3) is 0 Å². The fraction of sp³-hybridized carbons (Fsp3) is 0.949. The average molecular weight is 1440 g/mol. The Bertz CT molecular complexity index is 1920. The highest BCUT2D eigenvalue weighted by Gasteiger charge is 2.30. The van der Waals surface area contributed by atoms with Crippen LogP contribution in [0.4, 0.5) is 0 Å². The van der Waals surface area contributed by atoms with E-state index in [0.29, 0.717) is 31.6 Å². The lowest BCUT2D eigenvalue weighted by Crippen LogP contribution is -2.30. The van der Waals surface area contributed by atoms with Crippen molar-refractivity contribution in [1.29, 1.82) is 0 Å². The summed E-state index contributed by atoms with van der Waals surface area (Å²) < 4.78 is 68.6.